The van der Waals surface area contributed by atoms with Crippen LogP contribution in [0.5, 0.6) is 0 Å². The van der Waals surface area contributed by atoms with Crippen molar-refractivity contribution in [1.82, 2.24) is 14.9 Å². The molecule has 1 fully saturated rings. The lowest BCUT2D eigenvalue weighted by Crippen LogP contribution is -2.39. The number of rotatable bonds is 0. The Balaban J connectivity index is 1.94. The highest BCUT2D eigenvalue weighted by molar-refractivity contribution is 5.77. The van der Waals surface area contributed by atoms with E-state index in [9.17, 15) is 0 Å². The van der Waals surface area contributed by atoms with Gasteiger partial charge >= 0.3 is 0 Å². The van der Waals surface area contributed by atoms with Crippen LogP contribution in [-0.4, -0.2) is 22.6 Å². The second-order valence-corrected chi connectivity index (χ2v) is 5.56. The zero-order valence-corrected chi connectivity index (χ0v) is 10.1. The van der Waals surface area contributed by atoms with Gasteiger partial charge in [-0.1, -0.05) is 0 Å². The second-order valence-electron chi connectivity index (χ2n) is 5.56. The molecule has 1 saturated heterocycles. The predicted molar refractivity (Wildman–Crippen MR) is 68.1 cm³/mol. The van der Waals surface area contributed by atoms with E-state index in [0.29, 0.717) is 5.92 Å². The van der Waals surface area contributed by atoms with Crippen molar-refractivity contribution in [3.8, 4) is 0 Å². The summed E-state index contributed by atoms with van der Waals surface area (Å²) in [5, 5.41) is 3.56. The van der Waals surface area contributed by atoms with Crippen LogP contribution < -0.4 is 5.32 Å². The fourth-order valence-electron chi connectivity index (χ4n) is 3.52. The Bertz CT molecular complexity index is 584. The minimum atomic E-state index is 0.712. The summed E-state index contributed by atoms with van der Waals surface area (Å²) in [6.45, 7) is 2.33. The van der Waals surface area contributed by atoms with E-state index in [1.54, 1.807) is 11.1 Å². The van der Waals surface area contributed by atoms with E-state index < -0.39 is 0 Å². The van der Waals surface area contributed by atoms with E-state index in [1.165, 1.54) is 24.9 Å². The van der Waals surface area contributed by atoms with Gasteiger partial charge in [0.15, 0.2) is 0 Å². The maximum atomic E-state index is 4.47. The first-order chi connectivity index (χ1) is 8.31. The number of nitrogens with zero attached hydrogens (tertiary/aromatic N) is 2. The summed E-state index contributed by atoms with van der Waals surface area (Å²) in [5.74, 6) is 1.55. The Morgan fingerprint density at radius 3 is 3.24 bits per heavy atom. The van der Waals surface area contributed by atoms with Crippen LogP contribution in [0, 0.1) is 5.92 Å². The van der Waals surface area contributed by atoms with Gasteiger partial charge in [-0.25, -0.2) is 4.98 Å². The number of hydrogen-bond donors (Lipinski definition) is 1. The minimum Gasteiger partial charge on any atom is -0.334 e. The molecule has 88 valence electrons. The van der Waals surface area contributed by atoms with Crippen molar-refractivity contribution < 1.29 is 0 Å². The Hall–Kier alpha value is -1.35. The number of fused-ring (bicyclic) bond motifs is 5. The molecule has 1 aromatic carbocycles. The lowest BCUT2D eigenvalue weighted by molar-refractivity contribution is 0.318. The monoisotopic (exact) mass is 227 g/mol. The summed E-state index contributed by atoms with van der Waals surface area (Å²) in [6, 6.07) is 4.68. The molecule has 2 unspecified atom stereocenters. The van der Waals surface area contributed by atoms with E-state index in [2.05, 4.69) is 34.0 Å². The summed E-state index contributed by atoms with van der Waals surface area (Å²) in [7, 11) is 2.08. The summed E-state index contributed by atoms with van der Waals surface area (Å²) in [6.07, 6.45) is 4.51. The Morgan fingerprint density at radius 1 is 1.35 bits per heavy atom. The molecule has 2 heterocycles. The molecular formula is C14H17N3. The number of benzene rings is 1. The highest BCUT2D eigenvalue weighted by atomic mass is 15.0. The van der Waals surface area contributed by atoms with E-state index >= 15 is 0 Å². The molecule has 1 aliphatic heterocycles. The average molecular weight is 227 g/mol. The number of aryl methyl sites for hydroxylation is 1. The molecule has 0 spiro atoms. The van der Waals surface area contributed by atoms with E-state index in [4.69, 9.17) is 0 Å². The smallest absolute Gasteiger partial charge is 0.0955 e. The maximum Gasteiger partial charge on any atom is 0.0955 e. The van der Waals surface area contributed by atoms with Crippen LogP contribution in [-0.2, 0) is 13.5 Å². The van der Waals surface area contributed by atoms with Crippen LogP contribution in [0.4, 0.5) is 0 Å². The van der Waals surface area contributed by atoms with Gasteiger partial charge < -0.3 is 9.88 Å². The van der Waals surface area contributed by atoms with Crippen molar-refractivity contribution in [2.45, 2.75) is 18.8 Å². The molecule has 0 saturated carbocycles. The van der Waals surface area contributed by atoms with Crippen LogP contribution in [0.1, 0.15) is 23.5 Å². The maximum absolute atomic E-state index is 4.47. The lowest BCUT2D eigenvalue weighted by Gasteiger charge is -2.36. The number of imidazole rings is 1. The first-order valence-electron chi connectivity index (χ1n) is 6.46. The molecule has 3 nitrogen and oxygen atoms in total. The third-order valence-corrected chi connectivity index (χ3v) is 4.38. The summed E-state index contributed by atoms with van der Waals surface area (Å²) < 4.78 is 2.12. The molecule has 0 radical (unpaired) electrons. The number of piperidine rings is 1. The van der Waals surface area contributed by atoms with Crippen molar-refractivity contribution in [2.24, 2.45) is 13.0 Å². The highest BCUT2D eigenvalue weighted by Crippen LogP contribution is 2.38. The molecule has 4 rings (SSSR count). The second kappa shape index (κ2) is 3.33. The molecule has 0 amide bonds. The standard InChI is InChI=1S/C14H17N3/c1-17-8-16-13-5-12-10(4-14(13)17)2-9-3-11(12)7-15-6-9/h4-5,8-9,11,15H,2-3,6-7H2,1H3. The first-order valence-corrected chi connectivity index (χ1v) is 6.46. The van der Waals surface area contributed by atoms with Gasteiger partial charge in [-0.2, -0.15) is 0 Å². The molecule has 3 heteroatoms. The van der Waals surface area contributed by atoms with Crippen LogP contribution in [0.2, 0.25) is 0 Å². The molecule has 2 aromatic rings. The van der Waals surface area contributed by atoms with Crippen LogP contribution in [0.15, 0.2) is 18.5 Å². The fourth-order valence-corrected chi connectivity index (χ4v) is 3.52. The van der Waals surface area contributed by atoms with Crippen molar-refractivity contribution in [3.05, 3.63) is 29.6 Å². The van der Waals surface area contributed by atoms with Crippen LogP contribution in [0.3, 0.4) is 0 Å². The van der Waals surface area contributed by atoms with Gasteiger partial charge in [0.05, 0.1) is 17.4 Å². The van der Waals surface area contributed by atoms with E-state index in [0.717, 1.165) is 18.0 Å². The Morgan fingerprint density at radius 2 is 2.29 bits per heavy atom. The predicted octanol–water partition coefficient (Wildman–Crippen LogP) is 1.82. The number of nitrogens with one attached hydrogen (secondary N) is 1. The molecule has 2 atom stereocenters. The van der Waals surface area contributed by atoms with Gasteiger partial charge in [-0.3, -0.25) is 0 Å². The van der Waals surface area contributed by atoms with Crippen molar-refractivity contribution in [1.29, 1.82) is 0 Å². The van der Waals surface area contributed by atoms with Crippen molar-refractivity contribution >= 4 is 11.0 Å². The van der Waals surface area contributed by atoms with Gasteiger partial charge in [0.1, 0.15) is 0 Å². The molecule has 2 bridgehead atoms. The fraction of sp³-hybridized carbons (Fsp3) is 0.500. The van der Waals surface area contributed by atoms with Gasteiger partial charge in [0, 0.05) is 13.6 Å². The largest absolute Gasteiger partial charge is 0.334 e. The molecule has 2 aliphatic rings. The summed E-state index contributed by atoms with van der Waals surface area (Å²) >= 11 is 0. The quantitative estimate of drug-likeness (QED) is 0.744. The van der Waals surface area contributed by atoms with E-state index in [1.807, 2.05) is 6.33 Å². The number of hydrogen-bond acceptors (Lipinski definition) is 2. The van der Waals surface area contributed by atoms with Crippen molar-refractivity contribution in [2.75, 3.05) is 13.1 Å². The summed E-state index contributed by atoms with van der Waals surface area (Å²) in [5.41, 5.74) is 5.52. The lowest BCUT2D eigenvalue weighted by atomic mass is 9.74. The molecular weight excluding hydrogens is 210 g/mol. The van der Waals surface area contributed by atoms with Crippen LogP contribution in [0.25, 0.3) is 11.0 Å². The zero-order chi connectivity index (χ0) is 11.4. The van der Waals surface area contributed by atoms with E-state index in [-0.39, 0.29) is 0 Å². The Kier molecular flexibility index (Phi) is 1.89. The van der Waals surface area contributed by atoms with Gasteiger partial charge in [-0.05, 0) is 54.5 Å². The molecule has 1 aliphatic carbocycles. The highest BCUT2D eigenvalue weighted by Gasteiger charge is 2.30. The summed E-state index contributed by atoms with van der Waals surface area (Å²) in [4.78, 5) is 4.47. The average Bonchev–Trinajstić information content (AvgIpc) is 2.70. The van der Waals surface area contributed by atoms with Crippen molar-refractivity contribution in [3.63, 3.8) is 0 Å². The third kappa shape index (κ3) is 1.35. The number of aromatic nitrogens is 2. The topological polar surface area (TPSA) is 29.9 Å². The van der Waals surface area contributed by atoms with Gasteiger partial charge in [0.2, 0.25) is 0 Å². The molecule has 1 aromatic heterocycles. The normalized spacial score (nSPS) is 27.1. The Labute approximate surface area is 101 Å². The van der Waals surface area contributed by atoms with Crippen LogP contribution >= 0.6 is 0 Å². The molecule has 17 heavy (non-hydrogen) atoms. The first kappa shape index (κ1) is 9.66. The van der Waals surface area contributed by atoms with Gasteiger partial charge in [0.25, 0.3) is 0 Å². The molecule has 1 N–H and O–H groups in total. The SMILES string of the molecule is Cn1cnc2cc3c(cc21)CC1CNCC3C1. The van der Waals surface area contributed by atoms with Gasteiger partial charge in [-0.15, -0.1) is 0 Å². The zero-order valence-electron chi connectivity index (χ0n) is 10.1. The minimum absolute atomic E-state index is 0.712. The third-order valence-electron chi connectivity index (χ3n) is 4.38.